The number of aliphatic carboxylic acids is 2. The summed E-state index contributed by atoms with van der Waals surface area (Å²) in [4.78, 5) is 66.1. The quantitative estimate of drug-likeness (QED) is 0.121. The highest BCUT2D eigenvalue weighted by Crippen LogP contribution is 2.44. The van der Waals surface area contributed by atoms with Crippen LogP contribution in [-0.4, -0.2) is 76.8 Å². The Bertz CT molecular complexity index is 1730. The van der Waals surface area contributed by atoms with E-state index in [9.17, 15) is 29.4 Å². The van der Waals surface area contributed by atoms with Gasteiger partial charge in [0.1, 0.15) is 22.6 Å². The lowest BCUT2D eigenvalue weighted by atomic mass is 9.80. The minimum atomic E-state index is -1.54. The minimum Gasteiger partial charge on any atom is -0.478 e. The van der Waals surface area contributed by atoms with Crippen LogP contribution in [0, 0.1) is 6.92 Å². The zero-order chi connectivity index (χ0) is 29.9. The Morgan fingerprint density at radius 3 is 2.67 bits per heavy atom. The molecule has 0 aromatic carbocycles. The number of amides is 2. The molecule has 5 N–H and O–H groups in total. The van der Waals surface area contributed by atoms with Gasteiger partial charge in [-0.3, -0.25) is 14.5 Å². The smallest absolute Gasteiger partial charge is 0.359 e. The molecular weight excluding hydrogens is 607 g/mol. The van der Waals surface area contributed by atoms with Gasteiger partial charge in [-0.2, -0.15) is 4.57 Å². The Balaban J connectivity index is 1.28. The second kappa shape index (κ2) is 10.3. The number of nitrogens with one attached hydrogen (secondary N) is 1. The van der Waals surface area contributed by atoms with Gasteiger partial charge < -0.3 is 26.1 Å². The molecule has 3 aromatic heterocycles. The van der Waals surface area contributed by atoms with Crippen molar-refractivity contribution in [2.24, 2.45) is 5.16 Å². The van der Waals surface area contributed by atoms with Crippen LogP contribution in [0.25, 0.3) is 15.9 Å². The molecule has 1 aliphatic carbocycles. The third-order valence-corrected chi connectivity index (χ3v) is 10.3. The van der Waals surface area contributed by atoms with Crippen molar-refractivity contribution in [3.05, 3.63) is 40.2 Å². The van der Waals surface area contributed by atoms with E-state index in [1.54, 1.807) is 17.0 Å². The standard InChI is InChI=1S/C25H23N7O7S3/c1-10-17(31-7-4-14-12(8-31)27-11(2)42-14)18(22(35)36)32-20(34)16(21(32)41-10)29-19(33)15(13-9-40-24(26)28-13)30-39-25(23(37)38)5-3-6-25/h4,7-10,16,21H,3,5-6H2,1-2H3,(H4-,26,28,29,33,35,36,37,38)/p+1/b30-15-/t10?,16?,21-/m1/s1. The number of pyridine rings is 1. The van der Waals surface area contributed by atoms with Crippen molar-refractivity contribution >= 4 is 84.9 Å². The minimum absolute atomic E-state index is 0.0561. The summed E-state index contributed by atoms with van der Waals surface area (Å²) in [5, 5.41) is 27.7. The number of fused-ring (bicyclic) bond motifs is 2. The molecule has 2 unspecified atom stereocenters. The van der Waals surface area contributed by atoms with Gasteiger partial charge in [0.2, 0.25) is 23.2 Å². The maximum atomic E-state index is 13.4. The van der Waals surface area contributed by atoms with Crippen LogP contribution in [0.1, 0.15) is 36.9 Å². The van der Waals surface area contributed by atoms with Gasteiger partial charge in [0.25, 0.3) is 11.8 Å². The fourth-order valence-electron chi connectivity index (χ4n) is 5.04. The third kappa shape index (κ3) is 4.57. The molecule has 17 heteroatoms. The normalized spacial score (nSPS) is 23.2. The second-order valence-electron chi connectivity index (χ2n) is 9.96. The number of thioether (sulfide) groups is 1. The van der Waals surface area contributed by atoms with Gasteiger partial charge in [0.05, 0.1) is 15.0 Å². The first-order valence-corrected chi connectivity index (χ1v) is 15.4. The molecule has 1 saturated carbocycles. The van der Waals surface area contributed by atoms with Gasteiger partial charge in [0.15, 0.2) is 17.0 Å². The van der Waals surface area contributed by atoms with E-state index >= 15 is 0 Å². The molecule has 1 saturated heterocycles. The Kier molecular flexibility index (Phi) is 6.89. The highest BCUT2D eigenvalue weighted by molar-refractivity contribution is 8.01. The van der Waals surface area contributed by atoms with Crippen molar-refractivity contribution in [2.45, 2.75) is 55.4 Å². The van der Waals surface area contributed by atoms with E-state index in [2.05, 4.69) is 20.4 Å². The third-order valence-electron chi connectivity index (χ3n) is 7.30. The average molecular weight is 631 g/mol. The monoisotopic (exact) mass is 630 g/mol. The van der Waals surface area contributed by atoms with Gasteiger partial charge in [-0.05, 0) is 20.3 Å². The van der Waals surface area contributed by atoms with Crippen LogP contribution in [-0.2, 0) is 24.0 Å². The number of rotatable bonds is 8. The molecule has 0 spiro atoms. The first kappa shape index (κ1) is 28.0. The number of aromatic nitrogens is 3. The highest BCUT2D eigenvalue weighted by atomic mass is 32.2. The van der Waals surface area contributed by atoms with Crippen molar-refractivity contribution in [1.82, 2.24) is 20.2 Å². The molecule has 3 aliphatic rings. The second-order valence-corrected chi connectivity index (χ2v) is 13.5. The number of carboxylic acids is 2. The summed E-state index contributed by atoms with van der Waals surface area (Å²) in [5.74, 6) is -3.93. The van der Waals surface area contributed by atoms with Crippen LogP contribution < -0.4 is 15.6 Å². The lowest BCUT2D eigenvalue weighted by molar-refractivity contribution is -0.582. The van der Waals surface area contributed by atoms with Crippen LogP contribution in [0.2, 0.25) is 0 Å². The van der Waals surface area contributed by atoms with Crippen LogP contribution in [0.4, 0.5) is 5.13 Å². The number of anilines is 1. The van der Waals surface area contributed by atoms with Crippen LogP contribution in [0.3, 0.4) is 0 Å². The van der Waals surface area contributed by atoms with E-state index in [1.807, 2.05) is 19.9 Å². The summed E-state index contributed by atoms with van der Waals surface area (Å²) in [6, 6.07) is 0.774. The number of nitrogen functional groups attached to an aromatic ring is 1. The molecule has 6 rings (SSSR count). The molecule has 2 fully saturated rings. The summed E-state index contributed by atoms with van der Waals surface area (Å²) < 4.78 is 2.62. The number of nitrogens with two attached hydrogens (primary N) is 1. The maximum Gasteiger partial charge on any atom is 0.359 e. The van der Waals surface area contributed by atoms with E-state index in [1.165, 1.54) is 33.4 Å². The van der Waals surface area contributed by atoms with Crippen molar-refractivity contribution in [3.63, 3.8) is 0 Å². The lowest BCUT2D eigenvalue weighted by Crippen LogP contribution is -2.72. The van der Waals surface area contributed by atoms with Gasteiger partial charge >= 0.3 is 11.9 Å². The number of hydrogen-bond donors (Lipinski definition) is 4. The number of β-lactam (4-membered cyclic amide) rings is 1. The molecule has 3 aromatic rings. The number of carbonyl (C=O) groups excluding carboxylic acids is 2. The molecule has 42 heavy (non-hydrogen) atoms. The van der Waals surface area contributed by atoms with Gasteiger partial charge in [-0.15, -0.1) is 34.4 Å². The van der Waals surface area contributed by atoms with Gasteiger partial charge in [0, 0.05) is 24.3 Å². The largest absolute Gasteiger partial charge is 0.478 e. The number of hydrogen-bond acceptors (Lipinski definition) is 12. The molecular formula is C25H24N7O7S3+. The predicted octanol–water partition coefficient (Wildman–Crippen LogP) is 1.40. The van der Waals surface area contributed by atoms with E-state index in [0.29, 0.717) is 17.6 Å². The predicted molar refractivity (Wildman–Crippen MR) is 153 cm³/mol. The van der Waals surface area contributed by atoms with Gasteiger partial charge in [-0.25, -0.2) is 19.6 Å². The number of thiazole rings is 2. The van der Waals surface area contributed by atoms with Crippen molar-refractivity contribution in [1.29, 1.82) is 0 Å². The average Bonchev–Trinajstić information content (AvgIpc) is 3.51. The molecule has 3 atom stereocenters. The molecule has 0 bridgehead atoms. The molecule has 2 aliphatic heterocycles. The van der Waals surface area contributed by atoms with Crippen molar-refractivity contribution < 1.29 is 38.8 Å². The lowest BCUT2D eigenvalue weighted by Gasteiger charge is -2.49. The highest BCUT2D eigenvalue weighted by Gasteiger charge is 2.58. The molecule has 14 nitrogen and oxygen atoms in total. The number of carbonyl (C=O) groups is 4. The zero-order valence-corrected chi connectivity index (χ0v) is 24.6. The zero-order valence-electron chi connectivity index (χ0n) is 22.1. The Labute approximate surface area is 249 Å². The number of aryl methyl sites for hydroxylation is 1. The summed E-state index contributed by atoms with van der Waals surface area (Å²) in [5.41, 5.74) is 4.84. The van der Waals surface area contributed by atoms with E-state index in [4.69, 9.17) is 10.6 Å². The van der Waals surface area contributed by atoms with Crippen molar-refractivity contribution in [3.8, 4) is 0 Å². The Morgan fingerprint density at radius 1 is 1.29 bits per heavy atom. The maximum absolute atomic E-state index is 13.4. The van der Waals surface area contributed by atoms with E-state index in [0.717, 1.165) is 21.0 Å². The van der Waals surface area contributed by atoms with Crippen LogP contribution >= 0.6 is 34.4 Å². The summed E-state index contributed by atoms with van der Waals surface area (Å²) in [6.45, 7) is 3.71. The first-order valence-electron chi connectivity index (χ1n) is 12.8. The summed E-state index contributed by atoms with van der Waals surface area (Å²) in [6.07, 6.45) is 4.58. The molecule has 2 amide bonds. The number of oxime groups is 1. The van der Waals surface area contributed by atoms with E-state index < -0.39 is 40.8 Å². The van der Waals surface area contributed by atoms with Crippen molar-refractivity contribution in [2.75, 3.05) is 5.73 Å². The fourth-order valence-corrected chi connectivity index (χ4v) is 7.83. The SMILES string of the molecule is Cc1nc2c[n+](C3=C(C(=O)O)N4C(=O)C(NC(=O)/C(=N\OC5(C(=O)O)CCC5)c5csc(N)n5)[C@H]4SC3C)ccc2s1. The molecule has 0 radical (unpaired) electrons. The van der Waals surface area contributed by atoms with Crippen LogP contribution in [0.5, 0.6) is 0 Å². The molecule has 218 valence electrons. The Morgan fingerprint density at radius 2 is 2.05 bits per heavy atom. The summed E-state index contributed by atoms with van der Waals surface area (Å²) >= 11 is 3.89. The molecule has 5 heterocycles. The number of nitrogens with zero attached hydrogens (tertiary/aromatic N) is 5. The van der Waals surface area contributed by atoms with Crippen LogP contribution in [0.15, 0.2) is 34.7 Å². The van der Waals surface area contributed by atoms with E-state index in [-0.39, 0.29) is 40.3 Å². The number of carboxylic acid groups (broad SMARTS) is 2. The fraction of sp³-hybridized carbons (Fsp3) is 0.360. The van der Waals surface area contributed by atoms with Gasteiger partial charge in [-0.1, -0.05) is 5.16 Å². The Hall–Kier alpha value is -4.09. The summed E-state index contributed by atoms with van der Waals surface area (Å²) in [7, 11) is 0. The topological polar surface area (TPSA) is 201 Å². The first-order chi connectivity index (χ1) is 20.0.